The predicted octanol–water partition coefficient (Wildman–Crippen LogP) is 4.59. The summed E-state index contributed by atoms with van der Waals surface area (Å²) in [4.78, 5) is 0. The quantitative estimate of drug-likeness (QED) is 0.281. The van der Waals surface area contributed by atoms with Crippen LogP contribution in [0, 0.1) is 0 Å². The third kappa shape index (κ3) is 6.53. The summed E-state index contributed by atoms with van der Waals surface area (Å²) in [5.41, 5.74) is 6.46. The minimum atomic E-state index is -2.05. The Labute approximate surface area is 198 Å². The molecule has 0 bridgehead atoms. The number of hydrogen-bond acceptors (Lipinski definition) is 6. The molecule has 0 saturated carbocycles. The van der Waals surface area contributed by atoms with E-state index in [0.717, 1.165) is 6.42 Å². The standard InChI is InChI=1S/C24H49NO5Si2/c1-12-16(25)22-20(30-32(10,11)24(5,6)7)14-19(29-31(8,9)23(2,3)4)17(28-22)13-18-21(15-26)27-18/h12,16-22,26H,1,13-15,25H2,2-11H3/t16-,17+,18+,19+,20-,21-,22-/m0/s1. The zero-order valence-electron chi connectivity index (χ0n) is 22.1. The smallest absolute Gasteiger partial charge is 0.192 e. The van der Waals surface area contributed by atoms with E-state index in [1.807, 2.05) is 0 Å². The average molecular weight is 488 g/mol. The Morgan fingerprint density at radius 2 is 1.44 bits per heavy atom. The number of hydrogen-bond donors (Lipinski definition) is 2. The number of aliphatic hydroxyl groups excluding tert-OH is 1. The number of ether oxygens (including phenoxy) is 2. The summed E-state index contributed by atoms with van der Waals surface area (Å²) in [7, 11) is -4.09. The lowest BCUT2D eigenvalue weighted by atomic mass is 9.92. The van der Waals surface area contributed by atoms with Crippen LogP contribution in [0.1, 0.15) is 54.4 Å². The molecule has 8 heteroatoms. The van der Waals surface area contributed by atoms with Crippen LogP contribution in [0.3, 0.4) is 0 Å². The molecule has 0 radical (unpaired) electrons. The molecule has 3 N–H and O–H groups in total. The Hall–Kier alpha value is -0.0662. The Morgan fingerprint density at radius 1 is 0.938 bits per heavy atom. The number of aliphatic hydroxyl groups is 1. The van der Waals surface area contributed by atoms with Gasteiger partial charge in [0.25, 0.3) is 0 Å². The first-order chi connectivity index (χ1) is 14.4. The van der Waals surface area contributed by atoms with E-state index < -0.39 is 16.6 Å². The van der Waals surface area contributed by atoms with E-state index in [-0.39, 0.29) is 59.3 Å². The van der Waals surface area contributed by atoms with Gasteiger partial charge in [-0.25, -0.2) is 0 Å². The molecule has 0 aromatic rings. The van der Waals surface area contributed by atoms with E-state index in [9.17, 15) is 5.11 Å². The SMILES string of the molecule is C=C[C@H](N)[C@@H]1O[C@H](C[C@H]2O[C@H]2CO)[C@H](O[Si](C)(C)C(C)(C)C)C[C@@H]1O[Si](C)(C)C(C)(C)C. The van der Waals surface area contributed by atoms with E-state index in [1.165, 1.54) is 0 Å². The van der Waals surface area contributed by atoms with Crippen LogP contribution < -0.4 is 5.73 Å². The van der Waals surface area contributed by atoms with Crippen molar-refractivity contribution in [2.45, 2.75) is 133 Å². The second-order valence-corrected chi connectivity index (χ2v) is 22.2. The maximum Gasteiger partial charge on any atom is 0.192 e. The molecule has 0 unspecified atom stereocenters. The van der Waals surface area contributed by atoms with E-state index in [1.54, 1.807) is 6.08 Å². The van der Waals surface area contributed by atoms with Crippen molar-refractivity contribution in [2.24, 2.45) is 5.73 Å². The zero-order chi connectivity index (χ0) is 24.7. The molecule has 2 saturated heterocycles. The molecule has 0 aliphatic carbocycles. The molecule has 0 amide bonds. The van der Waals surface area contributed by atoms with E-state index in [4.69, 9.17) is 24.1 Å². The second kappa shape index (κ2) is 9.89. The van der Waals surface area contributed by atoms with Gasteiger partial charge < -0.3 is 29.2 Å². The van der Waals surface area contributed by atoms with Gasteiger partial charge >= 0.3 is 0 Å². The van der Waals surface area contributed by atoms with Gasteiger partial charge in [0.15, 0.2) is 16.6 Å². The van der Waals surface area contributed by atoms with Crippen LogP contribution in [0.15, 0.2) is 12.7 Å². The minimum Gasteiger partial charge on any atom is -0.411 e. The number of rotatable bonds is 9. The zero-order valence-corrected chi connectivity index (χ0v) is 24.1. The molecule has 2 rings (SSSR count). The lowest BCUT2D eigenvalue weighted by Crippen LogP contribution is -2.60. The second-order valence-electron chi connectivity index (χ2n) is 12.7. The van der Waals surface area contributed by atoms with Gasteiger partial charge in [0, 0.05) is 12.8 Å². The molecule has 2 aliphatic rings. The highest BCUT2D eigenvalue weighted by Gasteiger charge is 2.51. The van der Waals surface area contributed by atoms with Crippen LogP contribution in [-0.4, -0.2) is 71.0 Å². The Kier molecular flexibility index (Phi) is 8.71. The minimum absolute atomic E-state index is 0.00832. The van der Waals surface area contributed by atoms with Crippen LogP contribution in [0.4, 0.5) is 0 Å². The van der Waals surface area contributed by atoms with Gasteiger partial charge in [-0.3, -0.25) is 0 Å². The highest BCUT2D eigenvalue weighted by atomic mass is 28.4. The topological polar surface area (TPSA) is 86.5 Å². The fourth-order valence-electron chi connectivity index (χ4n) is 3.70. The molecule has 2 heterocycles. The molecule has 0 aromatic heterocycles. The van der Waals surface area contributed by atoms with Crippen LogP contribution in [0.2, 0.25) is 36.3 Å². The van der Waals surface area contributed by atoms with Gasteiger partial charge in [0.2, 0.25) is 0 Å². The van der Waals surface area contributed by atoms with Gasteiger partial charge in [-0.1, -0.05) is 47.6 Å². The first-order valence-electron chi connectivity index (χ1n) is 12.1. The van der Waals surface area contributed by atoms with Crippen LogP contribution in [0.25, 0.3) is 0 Å². The van der Waals surface area contributed by atoms with Crippen LogP contribution in [-0.2, 0) is 18.3 Å². The van der Waals surface area contributed by atoms with Crippen molar-refractivity contribution in [3.05, 3.63) is 12.7 Å². The molecule has 7 atom stereocenters. The number of nitrogens with two attached hydrogens (primary N) is 1. The third-order valence-electron chi connectivity index (χ3n) is 8.07. The van der Waals surface area contributed by atoms with Crippen LogP contribution in [0.5, 0.6) is 0 Å². The van der Waals surface area contributed by atoms with E-state index in [0.29, 0.717) is 6.42 Å². The van der Waals surface area contributed by atoms with Gasteiger partial charge in [-0.2, -0.15) is 0 Å². The molecule has 6 nitrogen and oxygen atoms in total. The molecule has 188 valence electrons. The van der Waals surface area contributed by atoms with Gasteiger partial charge in [-0.15, -0.1) is 6.58 Å². The van der Waals surface area contributed by atoms with Crippen molar-refractivity contribution in [3.8, 4) is 0 Å². The summed E-state index contributed by atoms with van der Waals surface area (Å²) in [5.74, 6) is 0. The summed E-state index contributed by atoms with van der Waals surface area (Å²) in [6.07, 6.45) is 2.42. The van der Waals surface area contributed by atoms with Crippen molar-refractivity contribution < 1.29 is 23.4 Å². The summed E-state index contributed by atoms with van der Waals surface area (Å²) >= 11 is 0. The van der Waals surface area contributed by atoms with Crippen molar-refractivity contribution in [2.75, 3.05) is 6.61 Å². The highest BCUT2D eigenvalue weighted by Crippen LogP contribution is 2.44. The maximum absolute atomic E-state index is 9.45. The normalized spacial score (nSPS) is 33.1. The van der Waals surface area contributed by atoms with Crippen LogP contribution >= 0.6 is 0 Å². The molecular weight excluding hydrogens is 438 g/mol. The Morgan fingerprint density at radius 3 is 1.84 bits per heavy atom. The molecule has 0 aromatic carbocycles. The van der Waals surface area contributed by atoms with Crippen molar-refractivity contribution in [1.29, 1.82) is 0 Å². The monoisotopic (exact) mass is 487 g/mol. The molecule has 2 fully saturated rings. The molecule has 0 spiro atoms. The molecular formula is C24H49NO5Si2. The molecule has 2 aliphatic heterocycles. The first-order valence-corrected chi connectivity index (χ1v) is 17.9. The van der Waals surface area contributed by atoms with E-state index in [2.05, 4.69) is 74.3 Å². The Balaban J connectivity index is 2.33. The van der Waals surface area contributed by atoms with Crippen molar-refractivity contribution in [3.63, 3.8) is 0 Å². The lowest BCUT2D eigenvalue weighted by Gasteiger charge is -2.50. The van der Waals surface area contributed by atoms with Crippen molar-refractivity contribution >= 4 is 16.6 Å². The summed E-state index contributed by atoms with van der Waals surface area (Å²) in [6.45, 7) is 26.5. The predicted molar refractivity (Wildman–Crippen MR) is 136 cm³/mol. The van der Waals surface area contributed by atoms with Gasteiger partial charge in [0.1, 0.15) is 12.2 Å². The maximum atomic E-state index is 9.45. The highest BCUT2D eigenvalue weighted by molar-refractivity contribution is 6.74. The van der Waals surface area contributed by atoms with Gasteiger partial charge in [-0.05, 0) is 36.3 Å². The van der Waals surface area contributed by atoms with E-state index >= 15 is 0 Å². The third-order valence-corrected chi connectivity index (χ3v) is 17.1. The fourth-order valence-corrected chi connectivity index (χ4v) is 6.40. The summed E-state index contributed by atoms with van der Waals surface area (Å²) in [5, 5.41) is 9.62. The summed E-state index contributed by atoms with van der Waals surface area (Å²) in [6, 6.07) is -0.324. The number of epoxide rings is 1. The average Bonchev–Trinajstić information content (AvgIpc) is 3.38. The fraction of sp³-hybridized carbons (Fsp3) is 0.917. The molecule has 32 heavy (non-hydrogen) atoms. The van der Waals surface area contributed by atoms with Gasteiger partial charge in [0.05, 0.1) is 37.1 Å². The van der Waals surface area contributed by atoms with Crippen molar-refractivity contribution in [1.82, 2.24) is 0 Å². The summed E-state index contributed by atoms with van der Waals surface area (Å²) < 4.78 is 26.1. The first kappa shape index (κ1) is 28.2. The largest absolute Gasteiger partial charge is 0.411 e. The lowest BCUT2D eigenvalue weighted by molar-refractivity contribution is -0.166. The Bertz CT molecular complexity index is 643.